The van der Waals surface area contributed by atoms with Crippen molar-refractivity contribution in [2.75, 3.05) is 13.1 Å². The third-order valence-electron chi connectivity index (χ3n) is 3.87. The second kappa shape index (κ2) is 6.68. The van der Waals surface area contributed by atoms with Crippen LogP contribution in [0.1, 0.15) is 38.7 Å². The predicted octanol–water partition coefficient (Wildman–Crippen LogP) is 2.21. The van der Waals surface area contributed by atoms with Gasteiger partial charge in [0.05, 0.1) is 5.25 Å². The monoisotopic (exact) mass is 358 g/mol. The van der Waals surface area contributed by atoms with Crippen LogP contribution in [0.25, 0.3) is 0 Å². The molecule has 0 unspecified atom stereocenters. The zero-order valence-electron chi connectivity index (χ0n) is 14.0. The van der Waals surface area contributed by atoms with Crippen LogP contribution in [0.2, 0.25) is 0 Å². The zero-order chi connectivity index (χ0) is 18.1. The van der Waals surface area contributed by atoms with Gasteiger partial charge in [-0.3, -0.25) is 0 Å². The summed E-state index contributed by atoms with van der Waals surface area (Å²) in [4.78, 5) is 13.7. The third kappa shape index (κ3) is 4.91. The molecule has 1 aromatic carbocycles. The van der Waals surface area contributed by atoms with E-state index in [-0.39, 0.29) is 24.7 Å². The fourth-order valence-corrected chi connectivity index (χ4v) is 3.63. The molecule has 1 fully saturated rings. The highest BCUT2D eigenvalue weighted by atomic mass is 32.2. The van der Waals surface area contributed by atoms with Crippen molar-refractivity contribution >= 4 is 16.1 Å². The van der Waals surface area contributed by atoms with E-state index in [1.165, 1.54) is 17.0 Å². The molecule has 0 aliphatic carbocycles. The fourth-order valence-electron chi connectivity index (χ4n) is 2.74. The predicted molar refractivity (Wildman–Crippen MR) is 88.5 cm³/mol. The number of likely N-dealkylation sites (tertiary alicyclic amines) is 1. The van der Waals surface area contributed by atoms with Crippen molar-refractivity contribution in [3.63, 3.8) is 0 Å². The van der Waals surface area contributed by atoms with Gasteiger partial charge in [-0.1, -0.05) is 12.1 Å². The summed E-state index contributed by atoms with van der Waals surface area (Å²) in [5.41, 5.74) is 0.0788. The first-order valence-corrected chi connectivity index (χ1v) is 9.31. The Hall–Kier alpha value is -1.67. The molecular formula is C16H23FN2O4S. The normalized spacial score (nSPS) is 22.3. The van der Waals surface area contributed by atoms with Crippen molar-refractivity contribution in [1.82, 2.24) is 4.90 Å². The fraction of sp³-hybridized carbons (Fsp3) is 0.562. The Balaban J connectivity index is 2.26. The van der Waals surface area contributed by atoms with Crippen molar-refractivity contribution in [3.8, 4) is 0 Å². The Bertz CT molecular complexity index is 698. The Labute approximate surface area is 141 Å². The molecule has 0 spiro atoms. The summed E-state index contributed by atoms with van der Waals surface area (Å²) in [6.07, 6.45) is -0.299. The highest BCUT2D eigenvalue weighted by molar-refractivity contribution is 7.89. The van der Waals surface area contributed by atoms with Gasteiger partial charge < -0.3 is 9.64 Å². The van der Waals surface area contributed by atoms with Gasteiger partial charge in [-0.2, -0.15) is 0 Å². The summed E-state index contributed by atoms with van der Waals surface area (Å²) in [6.45, 7) is 5.51. The molecule has 2 N–H and O–H groups in total. The lowest BCUT2D eigenvalue weighted by Gasteiger charge is -2.37. The lowest BCUT2D eigenvalue weighted by molar-refractivity contribution is 0.0201. The van der Waals surface area contributed by atoms with Gasteiger partial charge in [0.1, 0.15) is 11.4 Å². The molecule has 1 saturated heterocycles. The summed E-state index contributed by atoms with van der Waals surface area (Å²) in [5.74, 6) is -0.628. The average molecular weight is 358 g/mol. The lowest BCUT2D eigenvalue weighted by atomic mass is 9.90. The molecule has 1 aliphatic rings. The van der Waals surface area contributed by atoms with Crippen molar-refractivity contribution in [2.24, 2.45) is 5.14 Å². The molecule has 1 aromatic rings. The van der Waals surface area contributed by atoms with Crippen LogP contribution in [0.3, 0.4) is 0 Å². The number of nitrogens with zero attached hydrogens (tertiary/aromatic N) is 1. The van der Waals surface area contributed by atoms with E-state index in [0.29, 0.717) is 6.54 Å². The van der Waals surface area contributed by atoms with Crippen LogP contribution < -0.4 is 5.14 Å². The van der Waals surface area contributed by atoms with E-state index in [4.69, 9.17) is 9.88 Å². The van der Waals surface area contributed by atoms with Gasteiger partial charge in [0, 0.05) is 19.0 Å². The number of sulfonamides is 1. The van der Waals surface area contributed by atoms with E-state index in [0.717, 1.165) is 5.56 Å². The standard InChI is InChI=1S/C16H23FN2O4S/c1-16(2,3)23-15(20)19-9-12(8-14(10-19)24(18,21)22)11-4-6-13(17)7-5-11/h4-7,12,14H,8-10H2,1-3H3,(H2,18,21,22)/t12-,14+/m0/s1. The second-order valence-electron chi connectivity index (χ2n) is 7.08. The SMILES string of the molecule is CC(C)(C)OC(=O)N1C[C@@H](c2ccc(F)cc2)C[C@@H](S(N)(=O)=O)C1. The molecule has 6 nitrogen and oxygen atoms in total. The van der Waals surface area contributed by atoms with Crippen LogP contribution in [0.15, 0.2) is 24.3 Å². The number of carbonyl (C=O) groups excluding carboxylic acids is 1. The summed E-state index contributed by atoms with van der Waals surface area (Å²) in [6, 6.07) is 5.82. The molecule has 2 atom stereocenters. The van der Waals surface area contributed by atoms with E-state index in [1.807, 2.05) is 0 Å². The van der Waals surface area contributed by atoms with Crippen molar-refractivity contribution in [2.45, 2.75) is 44.0 Å². The Morgan fingerprint density at radius 3 is 2.33 bits per heavy atom. The number of halogens is 1. The molecule has 1 heterocycles. The lowest BCUT2D eigenvalue weighted by Crippen LogP contribution is -2.50. The van der Waals surface area contributed by atoms with Crippen LogP contribution in [0.5, 0.6) is 0 Å². The van der Waals surface area contributed by atoms with E-state index in [2.05, 4.69) is 0 Å². The number of hydrogen-bond acceptors (Lipinski definition) is 4. The summed E-state index contributed by atoms with van der Waals surface area (Å²) in [5, 5.41) is 4.42. The number of benzene rings is 1. The van der Waals surface area contributed by atoms with Crippen LogP contribution in [0, 0.1) is 5.82 Å². The zero-order valence-corrected chi connectivity index (χ0v) is 14.8. The summed E-state index contributed by atoms with van der Waals surface area (Å²) >= 11 is 0. The summed E-state index contributed by atoms with van der Waals surface area (Å²) in [7, 11) is -3.81. The van der Waals surface area contributed by atoms with Gasteiger partial charge in [-0.15, -0.1) is 0 Å². The molecule has 0 saturated carbocycles. The molecule has 0 radical (unpaired) electrons. The number of amides is 1. The number of primary sulfonamides is 1. The molecule has 24 heavy (non-hydrogen) atoms. The molecule has 1 amide bonds. The average Bonchev–Trinajstić information content (AvgIpc) is 2.45. The molecule has 134 valence electrons. The largest absolute Gasteiger partial charge is 0.444 e. The maximum Gasteiger partial charge on any atom is 0.410 e. The molecule has 0 aromatic heterocycles. The van der Waals surface area contributed by atoms with E-state index in [9.17, 15) is 17.6 Å². The smallest absolute Gasteiger partial charge is 0.410 e. The topological polar surface area (TPSA) is 89.7 Å². The minimum Gasteiger partial charge on any atom is -0.444 e. The quantitative estimate of drug-likeness (QED) is 0.878. The second-order valence-corrected chi connectivity index (χ2v) is 8.93. The highest BCUT2D eigenvalue weighted by Gasteiger charge is 2.37. The van der Waals surface area contributed by atoms with Gasteiger partial charge in [0.25, 0.3) is 0 Å². The van der Waals surface area contributed by atoms with Gasteiger partial charge in [0.15, 0.2) is 0 Å². The molecule has 1 aliphatic heterocycles. The Morgan fingerprint density at radius 2 is 1.83 bits per heavy atom. The first kappa shape index (κ1) is 18.7. The number of ether oxygens (including phenoxy) is 1. The van der Waals surface area contributed by atoms with Crippen molar-refractivity contribution in [1.29, 1.82) is 0 Å². The maximum atomic E-state index is 13.1. The Kier molecular flexibility index (Phi) is 5.19. The van der Waals surface area contributed by atoms with Crippen molar-refractivity contribution in [3.05, 3.63) is 35.6 Å². The van der Waals surface area contributed by atoms with Crippen LogP contribution in [0.4, 0.5) is 9.18 Å². The Morgan fingerprint density at radius 1 is 1.25 bits per heavy atom. The maximum absolute atomic E-state index is 13.1. The summed E-state index contributed by atoms with van der Waals surface area (Å²) < 4.78 is 42.1. The number of hydrogen-bond donors (Lipinski definition) is 1. The molecule has 0 bridgehead atoms. The first-order valence-electron chi connectivity index (χ1n) is 7.71. The molecular weight excluding hydrogens is 335 g/mol. The minimum atomic E-state index is -3.81. The number of nitrogens with two attached hydrogens (primary N) is 1. The molecule has 8 heteroatoms. The van der Waals surface area contributed by atoms with Crippen LogP contribution >= 0.6 is 0 Å². The minimum absolute atomic E-state index is 0.00849. The first-order chi connectivity index (χ1) is 11.0. The number of carbonyl (C=O) groups is 1. The van der Waals surface area contributed by atoms with Crippen molar-refractivity contribution < 1.29 is 22.3 Å². The third-order valence-corrected chi connectivity index (χ3v) is 5.14. The van der Waals surface area contributed by atoms with Crippen LogP contribution in [-0.2, 0) is 14.8 Å². The van der Waals surface area contributed by atoms with Gasteiger partial charge in [-0.25, -0.2) is 22.7 Å². The number of piperidine rings is 1. The van der Waals surface area contributed by atoms with Crippen LogP contribution in [-0.4, -0.2) is 43.4 Å². The molecule has 2 rings (SSSR count). The van der Waals surface area contributed by atoms with E-state index in [1.54, 1.807) is 32.9 Å². The highest BCUT2D eigenvalue weighted by Crippen LogP contribution is 2.30. The van der Waals surface area contributed by atoms with E-state index >= 15 is 0 Å². The van der Waals surface area contributed by atoms with Gasteiger partial charge >= 0.3 is 6.09 Å². The van der Waals surface area contributed by atoms with E-state index < -0.39 is 27.0 Å². The van der Waals surface area contributed by atoms with Gasteiger partial charge in [0.2, 0.25) is 10.0 Å². The number of rotatable bonds is 2. The van der Waals surface area contributed by atoms with Gasteiger partial charge in [-0.05, 0) is 44.9 Å².